The number of carbonyl (C=O) groups excluding carboxylic acids is 4. The van der Waals surface area contributed by atoms with Crippen molar-refractivity contribution in [3.8, 4) is 0 Å². The Morgan fingerprint density at radius 2 is 1.83 bits per heavy atom. The number of piperidine rings is 2. The molecule has 1 aromatic carbocycles. The Hall–Kier alpha value is -2.58. The van der Waals surface area contributed by atoms with Crippen LogP contribution in [0.1, 0.15) is 45.5 Å². The zero-order valence-corrected chi connectivity index (χ0v) is 16.1. The maximum absolute atomic E-state index is 13.2. The number of carbonyl (C=O) groups is 4. The second kappa shape index (κ2) is 7.03. The summed E-state index contributed by atoms with van der Waals surface area (Å²) in [6.07, 6.45) is 1.44. The van der Waals surface area contributed by atoms with Gasteiger partial charge in [-0.05, 0) is 55.9 Å². The van der Waals surface area contributed by atoms with Crippen molar-refractivity contribution in [3.05, 3.63) is 34.9 Å². The third-order valence-electron chi connectivity index (χ3n) is 6.74. The van der Waals surface area contributed by atoms with Crippen LogP contribution < -0.4 is 10.6 Å². The molecule has 3 atom stereocenters. The normalized spacial score (nSPS) is 29.8. The number of hydrogen-bond donors (Lipinski definition) is 2. The summed E-state index contributed by atoms with van der Waals surface area (Å²) < 4.78 is 0. The predicted molar refractivity (Wildman–Crippen MR) is 103 cm³/mol. The van der Waals surface area contributed by atoms with Gasteiger partial charge in [0.15, 0.2) is 0 Å². The number of fused-ring (bicyclic) bond motifs is 2. The highest BCUT2D eigenvalue weighted by Gasteiger charge is 2.45. The van der Waals surface area contributed by atoms with Gasteiger partial charge in [0.2, 0.25) is 11.8 Å². The molecule has 4 aliphatic rings. The Kier molecular flexibility index (Phi) is 4.48. The van der Waals surface area contributed by atoms with Gasteiger partial charge in [-0.25, -0.2) is 0 Å². The van der Waals surface area contributed by atoms with Gasteiger partial charge >= 0.3 is 0 Å². The predicted octanol–water partition coefficient (Wildman–Crippen LogP) is 0.129. The number of benzene rings is 1. The molecule has 0 saturated carbocycles. The Morgan fingerprint density at radius 3 is 2.66 bits per heavy atom. The fourth-order valence-corrected chi connectivity index (χ4v) is 5.21. The Labute approximate surface area is 168 Å². The molecule has 0 aliphatic carbocycles. The van der Waals surface area contributed by atoms with E-state index in [9.17, 15) is 19.2 Å². The number of imide groups is 2. The lowest BCUT2D eigenvalue weighted by atomic mass is 9.88. The lowest BCUT2D eigenvalue weighted by Gasteiger charge is -2.34. The molecule has 3 saturated heterocycles. The summed E-state index contributed by atoms with van der Waals surface area (Å²) >= 11 is 0. The van der Waals surface area contributed by atoms with Gasteiger partial charge in [-0.1, -0.05) is 12.1 Å². The number of nitrogens with one attached hydrogen (secondary N) is 2. The first-order chi connectivity index (χ1) is 14.0. The Bertz CT molecular complexity index is 914. The average Bonchev–Trinajstić information content (AvgIpc) is 3.26. The SMILES string of the molecule is O=C1CCC(N2C(=O)c3cccc(CN4CC[C@H]5CNC[C@H]5C4)c3C2=O)C(=O)N1. The second-order valence-corrected chi connectivity index (χ2v) is 8.49. The van der Waals surface area contributed by atoms with E-state index < -0.39 is 23.8 Å². The molecule has 2 N–H and O–H groups in total. The van der Waals surface area contributed by atoms with Crippen LogP contribution in [0, 0.1) is 11.8 Å². The van der Waals surface area contributed by atoms with E-state index in [1.54, 1.807) is 12.1 Å². The van der Waals surface area contributed by atoms with Gasteiger partial charge in [0.1, 0.15) is 6.04 Å². The fourth-order valence-electron chi connectivity index (χ4n) is 5.21. The van der Waals surface area contributed by atoms with Crippen LogP contribution in [0.2, 0.25) is 0 Å². The lowest BCUT2D eigenvalue weighted by Crippen LogP contribution is -2.54. The summed E-state index contributed by atoms with van der Waals surface area (Å²) in [6.45, 7) is 4.71. The van der Waals surface area contributed by atoms with Crippen molar-refractivity contribution in [2.45, 2.75) is 31.8 Å². The van der Waals surface area contributed by atoms with E-state index in [0.717, 1.165) is 49.0 Å². The van der Waals surface area contributed by atoms with Gasteiger partial charge in [0, 0.05) is 19.5 Å². The van der Waals surface area contributed by atoms with E-state index >= 15 is 0 Å². The molecule has 0 bridgehead atoms. The van der Waals surface area contributed by atoms with Crippen LogP contribution in [0.5, 0.6) is 0 Å². The van der Waals surface area contributed by atoms with Gasteiger partial charge in [0.05, 0.1) is 11.1 Å². The molecule has 4 heterocycles. The summed E-state index contributed by atoms with van der Waals surface area (Å²) in [6, 6.07) is 4.43. The van der Waals surface area contributed by atoms with Crippen LogP contribution in [0.3, 0.4) is 0 Å². The summed E-state index contributed by atoms with van der Waals surface area (Å²) in [5.74, 6) is -0.439. The third kappa shape index (κ3) is 3.07. The third-order valence-corrected chi connectivity index (χ3v) is 6.74. The van der Waals surface area contributed by atoms with Crippen molar-refractivity contribution in [2.75, 3.05) is 26.2 Å². The largest absolute Gasteiger partial charge is 0.316 e. The summed E-state index contributed by atoms with van der Waals surface area (Å²) in [5.41, 5.74) is 1.60. The minimum Gasteiger partial charge on any atom is -0.316 e. The van der Waals surface area contributed by atoms with Crippen molar-refractivity contribution in [1.29, 1.82) is 0 Å². The molecule has 3 fully saturated rings. The molecule has 0 aromatic heterocycles. The summed E-state index contributed by atoms with van der Waals surface area (Å²) in [5, 5.41) is 5.70. The molecule has 1 aromatic rings. The van der Waals surface area contributed by atoms with Crippen molar-refractivity contribution in [3.63, 3.8) is 0 Å². The van der Waals surface area contributed by atoms with Gasteiger partial charge in [-0.2, -0.15) is 0 Å². The number of likely N-dealkylation sites (tertiary alicyclic amines) is 1. The molecule has 0 spiro atoms. The van der Waals surface area contributed by atoms with E-state index in [0.29, 0.717) is 23.6 Å². The molecule has 5 rings (SSSR count). The molecule has 152 valence electrons. The highest BCUT2D eigenvalue weighted by Crippen LogP contribution is 2.32. The van der Waals surface area contributed by atoms with Crippen molar-refractivity contribution >= 4 is 23.6 Å². The van der Waals surface area contributed by atoms with E-state index in [2.05, 4.69) is 15.5 Å². The Balaban J connectivity index is 1.39. The molecule has 8 heteroatoms. The molecule has 0 radical (unpaired) electrons. The quantitative estimate of drug-likeness (QED) is 0.705. The van der Waals surface area contributed by atoms with Crippen molar-refractivity contribution < 1.29 is 19.2 Å². The number of nitrogens with zero attached hydrogens (tertiary/aromatic N) is 2. The molecule has 1 unspecified atom stereocenters. The molecule has 29 heavy (non-hydrogen) atoms. The van der Waals surface area contributed by atoms with E-state index in [-0.39, 0.29) is 18.7 Å². The smallest absolute Gasteiger partial charge is 0.262 e. The molecule has 4 aliphatic heterocycles. The topological polar surface area (TPSA) is 98.8 Å². The Morgan fingerprint density at radius 1 is 1.00 bits per heavy atom. The highest BCUT2D eigenvalue weighted by molar-refractivity contribution is 6.24. The van der Waals surface area contributed by atoms with Crippen LogP contribution in [0.25, 0.3) is 0 Å². The second-order valence-electron chi connectivity index (χ2n) is 8.49. The first-order valence-corrected chi connectivity index (χ1v) is 10.3. The number of rotatable bonds is 3. The van der Waals surface area contributed by atoms with Gasteiger partial charge < -0.3 is 5.32 Å². The number of amides is 4. The van der Waals surface area contributed by atoms with E-state index in [1.165, 1.54) is 0 Å². The molecule has 8 nitrogen and oxygen atoms in total. The van der Waals surface area contributed by atoms with Crippen molar-refractivity contribution in [2.24, 2.45) is 11.8 Å². The maximum Gasteiger partial charge on any atom is 0.262 e. The van der Waals surface area contributed by atoms with Gasteiger partial charge in [-0.15, -0.1) is 0 Å². The minimum atomic E-state index is -0.923. The zero-order chi connectivity index (χ0) is 20.1. The van der Waals surface area contributed by atoms with Crippen LogP contribution in [-0.4, -0.2) is 65.6 Å². The fraction of sp³-hybridized carbons (Fsp3) is 0.524. The standard InChI is InChI=1S/C21H24N4O4/c26-17-5-4-16(19(27)23-17)25-20(28)15-3-1-2-13(18(15)21(25)29)10-24-7-6-12-8-22-9-14(12)11-24/h1-3,12,14,16,22H,4-11H2,(H,23,26,27)/t12-,14-,16?/m0/s1. The first kappa shape index (κ1) is 18.4. The monoisotopic (exact) mass is 396 g/mol. The van der Waals surface area contributed by atoms with Crippen LogP contribution in [-0.2, 0) is 16.1 Å². The molecular weight excluding hydrogens is 372 g/mol. The molecular formula is C21H24N4O4. The van der Waals surface area contributed by atoms with E-state index in [4.69, 9.17) is 0 Å². The van der Waals surface area contributed by atoms with Crippen LogP contribution >= 0.6 is 0 Å². The average molecular weight is 396 g/mol. The minimum absolute atomic E-state index is 0.126. The van der Waals surface area contributed by atoms with Gasteiger partial charge in [0.25, 0.3) is 11.8 Å². The van der Waals surface area contributed by atoms with Gasteiger partial charge in [-0.3, -0.25) is 34.3 Å². The number of hydrogen-bond acceptors (Lipinski definition) is 6. The van der Waals surface area contributed by atoms with Crippen LogP contribution in [0.4, 0.5) is 0 Å². The van der Waals surface area contributed by atoms with E-state index in [1.807, 2.05) is 6.07 Å². The zero-order valence-electron chi connectivity index (χ0n) is 16.1. The van der Waals surface area contributed by atoms with Crippen molar-refractivity contribution in [1.82, 2.24) is 20.4 Å². The van der Waals surface area contributed by atoms with Crippen LogP contribution in [0.15, 0.2) is 18.2 Å². The summed E-state index contributed by atoms with van der Waals surface area (Å²) in [4.78, 5) is 53.2. The highest BCUT2D eigenvalue weighted by atomic mass is 16.2. The maximum atomic E-state index is 13.2. The molecule has 4 amide bonds. The lowest BCUT2D eigenvalue weighted by molar-refractivity contribution is -0.136. The summed E-state index contributed by atoms with van der Waals surface area (Å²) in [7, 11) is 0. The first-order valence-electron chi connectivity index (χ1n) is 10.3.